The standard InChI is InChI=1S/C10H18N4O3S/c1-9-6-11-14(7-9)10(15)13(3)5-4-12(2)8-18(16)17/h6-7,18H,4-5,8H2,1-3H3. The minimum absolute atomic E-state index is 0.00174. The third-order valence-corrected chi connectivity index (χ3v) is 3.12. The Morgan fingerprint density at radius 2 is 2.06 bits per heavy atom. The Bertz CT molecular complexity index is 475. The average Bonchev–Trinajstić information content (AvgIpc) is 2.70. The topological polar surface area (TPSA) is 75.5 Å². The van der Waals surface area contributed by atoms with Crippen LogP contribution < -0.4 is 0 Å². The number of carbonyl (C=O) groups excluding carboxylic acids is 1. The van der Waals surface area contributed by atoms with Gasteiger partial charge >= 0.3 is 6.03 Å². The van der Waals surface area contributed by atoms with Crippen LogP contribution in [0.5, 0.6) is 0 Å². The number of amides is 1. The maximum absolute atomic E-state index is 11.9. The van der Waals surface area contributed by atoms with E-state index in [-0.39, 0.29) is 11.9 Å². The van der Waals surface area contributed by atoms with E-state index in [1.807, 2.05) is 6.92 Å². The predicted molar refractivity (Wildman–Crippen MR) is 68.2 cm³/mol. The third kappa shape index (κ3) is 4.46. The number of rotatable bonds is 5. The van der Waals surface area contributed by atoms with Gasteiger partial charge in [-0.25, -0.2) is 13.2 Å². The Labute approximate surface area is 108 Å². The van der Waals surface area contributed by atoms with Crippen molar-refractivity contribution in [2.45, 2.75) is 6.92 Å². The summed E-state index contributed by atoms with van der Waals surface area (Å²) in [6, 6.07) is -0.233. The van der Waals surface area contributed by atoms with E-state index in [1.165, 1.54) is 9.58 Å². The van der Waals surface area contributed by atoms with Gasteiger partial charge in [-0.3, -0.25) is 4.90 Å². The van der Waals surface area contributed by atoms with Gasteiger partial charge in [0.1, 0.15) is 0 Å². The van der Waals surface area contributed by atoms with E-state index in [9.17, 15) is 13.2 Å². The second kappa shape index (κ2) is 6.50. The number of thiol groups is 1. The molecule has 0 aliphatic heterocycles. The van der Waals surface area contributed by atoms with Crippen LogP contribution in [-0.2, 0) is 10.7 Å². The number of nitrogens with zero attached hydrogens (tertiary/aromatic N) is 4. The van der Waals surface area contributed by atoms with Gasteiger partial charge in [0.05, 0.1) is 12.1 Å². The van der Waals surface area contributed by atoms with Crippen LogP contribution in [0.2, 0.25) is 0 Å². The zero-order valence-corrected chi connectivity index (χ0v) is 11.6. The summed E-state index contributed by atoms with van der Waals surface area (Å²) in [5.41, 5.74) is 0.914. The predicted octanol–water partition coefficient (Wildman–Crippen LogP) is -0.408. The molecule has 0 fully saturated rings. The van der Waals surface area contributed by atoms with Crippen molar-refractivity contribution < 1.29 is 13.2 Å². The minimum atomic E-state index is -2.42. The lowest BCUT2D eigenvalue weighted by molar-refractivity contribution is 0.201. The monoisotopic (exact) mass is 274 g/mol. The lowest BCUT2D eigenvalue weighted by Crippen LogP contribution is -2.37. The van der Waals surface area contributed by atoms with Gasteiger partial charge in [-0.1, -0.05) is 0 Å². The van der Waals surface area contributed by atoms with Crippen molar-refractivity contribution in [3.63, 3.8) is 0 Å². The van der Waals surface area contributed by atoms with Crippen LogP contribution in [0.25, 0.3) is 0 Å². The van der Waals surface area contributed by atoms with Crippen LogP contribution in [0.1, 0.15) is 5.56 Å². The van der Waals surface area contributed by atoms with Gasteiger partial charge in [-0.05, 0) is 19.5 Å². The summed E-state index contributed by atoms with van der Waals surface area (Å²) in [4.78, 5) is 15.0. The van der Waals surface area contributed by atoms with Crippen LogP contribution in [0.15, 0.2) is 12.4 Å². The SMILES string of the molecule is Cc1cnn(C(=O)N(C)CCN(C)C[SH](=O)=O)c1. The third-order valence-electron chi connectivity index (χ3n) is 2.41. The van der Waals surface area contributed by atoms with Crippen LogP contribution in [-0.4, -0.2) is 67.1 Å². The highest BCUT2D eigenvalue weighted by molar-refractivity contribution is 7.72. The van der Waals surface area contributed by atoms with Crippen molar-refractivity contribution in [1.29, 1.82) is 0 Å². The average molecular weight is 274 g/mol. The molecular weight excluding hydrogens is 256 g/mol. The van der Waals surface area contributed by atoms with Gasteiger partial charge in [0.15, 0.2) is 10.7 Å². The second-order valence-corrected chi connectivity index (χ2v) is 5.17. The van der Waals surface area contributed by atoms with Crippen LogP contribution in [0.4, 0.5) is 4.79 Å². The summed E-state index contributed by atoms with van der Waals surface area (Å²) in [6.07, 6.45) is 3.26. The molecule has 0 aliphatic carbocycles. The van der Waals surface area contributed by atoms with Crippen LogP contribution in [0, 0.1) is 6.92 Å². The maximum Gasteiger partial charge on any atom is 0.344 e. The molecule has 0 aromatic carbocycles. The lowest BCUT2D eigenvalue weighted by atomic mass is 10.4. The van der Waals surface area contributed by atoms with Gasteiger partial charge < -0.3 is 4.90 Å². The molecule has 0 aliphatic rings. The van der Waals surface area contributed by atoms with E-state index in [2.05, 4.69) is 5.10 Å². The molecule has 1 amide bonds. The molecule has 0 saturated heterocycles. The summed E-state index contributed by atoms with van der Waals surface area (Å²) in [7, 11) is 0.931. The number of aromatic nitrogens is 2. The summed E-state index contributed by atoms with van der Waals surface area (Å²) < 4.78 is 22.3. The number of hydrogen-bond donors (Lipinski definition) is 1. The van der Waals surface area contributed by atoms with Crippen molar-refractivity contribution in [3.8, 4) is 0 Å². The largest absolute Gasteiger partial charge is 0.344 e. The molecule has 1 aromatic heterocycles. The normalized spacial score (nSPS) is 11.2. The Hall–Kier alpha value is -1.41. The first kappa shape index (κ1) is 14.7. The van der Waals surface area contributed by atoms with Gasteiger partial charge in [0.25, 0.3) is 0 Å². The van der Waals surface area contributed by atoms with Gasteiger partial charge in [-0.2, -0.15) is 9.78 Å². The van der Waals surface area contributed by atoms with Gasteiger partial charge in [0, 0.05) is 26.3 Å². The smallest absolute Gasteiger partial charge is 0.325 e. The highest BCUT2D eigenvalue weighted by atomic mass is 32.2. The first-order valence-corrected chi connectivity index (χ1v) is 6.83. The minimum Gasteiger partial charge on any atom is -0.325 e. The first-order valence-electron chi connectivity index (χ1n) is 5.47. The van der Waals surface area contributed by atoms with Crippen LogP contribution >= 0.6 is 0 Å². The van der Waals surface area contributed by atoms with Crippen molar-refractivity contribution >= 4 is 16.7 Å². The number of carbonyl (C=O) groups is 1. The first-order chi connectivity index (χ1) is 8.40. The van der Waals surface area contributed by atoms with Gasteiger partial charge in [0.2, 0.25) is 0 Å². The van der Waals surface area contributed by atoms with Crippen molar-refractivity contribution in [2.75, 3.05) is 33.1 Å². The fourth-order valence-electron chi connectivity index (χ4n) is 1.38. The fraction of sp³-hybridized carbons (Fsp3) is 0.600. The van der Waals surface area contributed by atoms with Crippen molar-refractivity contribution in [3.05, 3.63) is 18.0 Å². The number of hydrogen-bond acceptors (Lipinski definition) is 5. The molecule has 8 heteroatoms. The Kier molecular flexibility index (Phi) is 5.29. The van der Waals surface area contributed by atoms with Crippen molar-refractivity contribution in [1.82, 2.24) is 19.6 Å². The highest BCUT2D eigenvalue weighted by Crippen LogP contribution is 1.97. The highest BCUT2D eigenvalue weighted by Gasteiger charge is 2.12. The Balaban J connectivity index is 2.45. The van der Waals surface area contributed by atoms with E-state index in [0.29, 0.717) is 13.1 Å². The molecule has 0 unspecified atom stereocenters. The molecule has 1 aromatic rings. The Morgan fingerprint density at radius 3 is 2.56 bits per heavy atom. The molecule has 7 nitrogen and oxygen atoms in total. The molecule has 0 atom stereocenters. The lowest BCUT2D eigenvalue weighted by Gasteiger charge is -2.20. The second-order valence-electron chi connectivity index (χ2n) is 4.22. The molecule has 0 bridgehead atoms. The molecular formula is C10H18N4O3S. The van der Waals surface area contributed by atoms with Gasteiger partial charge in [-0.15, -0.1) is 0 Å². The fourth-order valence-corrected chi connectivity index (χ4v) is 1.91. The van der Waals surface area contributed by atoms with Crippen molar-refractivity contribution in [2.24, 2.45) is 0 Å². The van der Waals surface area contributed by atoms with E-state index < -0.39 is 10.7 Å². The molecule has 0 spiro atoms. The zero-order valence-electron chi connectivity index (χ0n) is 10.7. The molecule has 0 saturated carbocycles. The van der Waals surface area contributed by atoms with E-state index in [1.54, 1.807) is 31.4 Å². The number of likely N-dealkylation sites (N-methyl/N-ethyl adjacent to an activating group) is 2. The zero-order chi connectivity index (χ0) is 13.7. The van der Waals surface area contributed by atoms with E-state index in [0.717, 1.165) is 5.56 Å². The molecule has 0 N–H and O–H groups in total. The molecule has 102 valence electrons. The summed E-state index contributed by atoms with van der Waals surface area (Å²) in [5.74, 6) is -0.00174. The summed E-state index contributed by atoms with van der Waals surface area (Å²) in [6.45, 7) is 2.79. The quantitative estimate of drug-likeness (QED) is 0.739. The van der Waals surface area contributed by atoms with Crippen LogP contribution in [0.3, 0.4) is 0 Å². The molecule has 1 rings (SSSR count). The summed E-state index contributed by atoms with van der Waals surface area (Å²) >= 11 is 0. The number of aryl methyl sites for hydroxylation is 1. The van der Waals surface area contributed by atoms with E-state index >= 15 is 0 Å². The summed E-state index contributed by atoms with van der Waals surface area (Å²) in [5, 5.41) is 3.93. The molecule has 18 heavy (non-hydrogen) atoms. The molecule has 0 radical (unpaired) electrons. The molecule has 1 heterocycles. The Morgan fingerprint density at radius 1 is 1.39 bits per heavy atom. The maximum atomic E-state index is 11.9. The van der Waals surface area contributed by atoms with E-state index in [4.69, 9.17) is 0 Å².